The Morgan fingerprint density at radius 1 is 0.509 bits per heavy atom. The Labute approximate surface area is 384 Å². The van der Waals surface area contributed by atoms with Crippen LogP contribution in [0.1, 0.15) is 167 Å². The second-order valence-corrected chi connectivity index (χ2v) is 16.1. The van der Waals surface area contributed by atoms with Crippen LogP contribution in [-0.2, 0) is 0 Å². The molecule has 0 N–H and O–H groups in total. The van der Waals surface area contributed by atoms with Crippen molar-refractivity contribution >= 4 is 117 Å². The summed E-state index contributed by atoms with van der Waals surface area (Å²) in [5.41, 5.74) is -0.102. The van der Waals surface area contributed by atoms with Gasteiger partial charge in [0, 0.05) is 0 Å². The summed E-state index contributed by atoms with van der Waals surface area (Å²) < 4.78 is 0. The van der Waals surface area contributed by atoms with Gasteiger partial charge in [-0.3, -0.25) is 0 Å². The minimum absolute atomic E-state index is 0.0747. The van der Waals surface area contributed by atoms with Gasteiger partial charge in [-0.1, -0.05) is 264 Å². The Bertz CT molecular complexity index is 567. The van der Waals surface area contributed by atoms with Crippen LogP contribution in [0.2, 0.25) is 96.5 Å². The predicted octanol–water partition coefficient (Wildman–Crippen LogP) is 12.0. The molecule has 0 spiro atoms. The molecule has 0 fully saturated rings. The Balaban J connectivity index is -0.0000000805. The first-order valence-electron chi connectivity index (χ1n) is 22.7. The summed E-state index contributed by atoms with van der Waals surface area (Å²) in [5, 5.41) is -0.0747. The molecule has 0 aromatic heterocycles. The molecule has 0 aliphatic rings. The van der Waals surface area contributed by atoms with Crippen LogP contribution in [0, 0.1) is 5.92 Å². The molecule has 0 nitrogen and oxygen atoms in total. The topological polar surface area (TPSA) is 0 Å². The highest BCUT2D eigenvalue weighted by Crippen LogP contribution is 2.24. The summed E-state index contributed by atoms with van der Waals surface area (Å²) in [6.45, 7) is 26.9. The van der Waals surface area contributed by atoms with E-state index in [0.717, 1.165) is 76.8 Å². The van der Waals surface area contributed by atoms with Gasteiger partial charge < -0.3 is 0 Å². The van der Waals surface area contributed by atoms with Crippen molar-refractivity contribution in [3.05, 3.63) is 0 Å². The van der Waals surface area contributed by atoms with E-state index >= 15 is 0 Å². The molecule has 0 rings (SSSR count). The quantitative estimate of drug-likeness (QED) is 0.0720. The van der Waals surface area contributed by atoms with E-state index in [-0.39, 0.29) is 22.7 Å². The zero-order chi connectivity index (χ0) is 46.7. The second kappa shape index (κ2) is 63.6. The standard InChI is InChI=1S/2C6H13B2.2C6H12B2.C5H10B2.C5H11B.2C4H8B2/c1-3-8-5-4-6(2)7;1-3-8-6(2)4-5-7;1-3-6(4-7)5(2)8;1-2-3-6(8)4-5-7;1-5(2,7)3-4-6;1-3-4-5(2)6;1-4(6)2-3-5;1-2-3-4(5)6/h2*6H,3-5H2,1-2H3;5-6H,3-4H2,1-2H3;6H,2-5H2,1H3;3-4H2,1-2H3;5H,3-4H2,1-2H3;2*4H,2-3H2,1H3. The molecule has 0 aliphatic carbocycles. The monoisotopic (exact) mass is 757 g/mol. The largest absolute Gasteiger partial charge is 0.112 e. The van der Waals surface area contributed by atoms with Gasteiger partial charge in [-0.2, -0.15) is 0 Å². The van der Waals surface area contributed by atoms with Crippen molar-refractivity contribution in [1.82, 2.24) is 0 Å². The Morgan fingerprint density at radius 2 is 0.947 bits per heavy atom. The lowest BCUT2D eigenvalue weighted by atomic mass is 9.61. The first kappa shape index (κ1) is 75.4. The van der Waals surface area contributed by atoms with Gasteiger partial charge in [0.1, 0.15) is 14.6 Å². The van der Waals surface area contributed by atoms with Gasteiger partial charge in [0.05, 0.1) is 102 Å². The maximum atomic E-state index is 5.61. The van der Waals surface area contributed by atoms with Crippen LogP contribution in [0.3, 0.4) is 0 Å². The summed E-state index contributed by atoms with van der Waals surface area (Å²) in [5.74, 6) is 2.86. The molecule has 0 bridgehead atoms. The molecule has 0 aliphatic heterocycles. The summed E-state index contributed by atoms with van der Waals surface area (Å²) in [6.07, 6.45) is 20.0. The van der Waals surface area contributed by atoms with Crippen LogP contribution >= 0.6 is 0 Å². The van der Waals surface area contributed by atoms with Crippen LogP contribution in [0.25, 0.3) is 0 Å². The fourth-order valence-electron chi connectivity index (χ4n) is 4.27. The zero-order valence-electron chi connectivity index (χ0n) is 40.9. The fraction of sp³-hybridized carbons (Fsp3) is 1.00. The molecule has 7 unspecified atom stereocenters. The average Bonchev–Trinajstić information content (AvgIpc) is 3.07. The average molecular weight is 754 g/mol. The maximum absolute atomic E-state index is 5.61. The maximum Gasteiger partial charge on any atom is 0.112 e. The van der Waals surface area contributed by atoms with Crippen LogP contribution in [0.4, 0.5) is 0 Å². The highest BCUT2D eigenvalue weighted by Gasteiger charge is 2.06. The second-order valence-electron chi connectivity index (χ2n) is 16.1. The molecule has 0 saturated heterocycles. The third-order valence-electron chi connectivity index (χ3n) is 7.92. The highest BCUT2D eigenvalue weighted by atomic mass is 14.1. The van der Waals surface area contributed by atoms with Gasteiger partial charge in [-0.05, 0) is 0 Å². The molecule has 28 radical (unpaired) electrons. The van der Waals surface area contributed by atoms with Crippen molar-refractivity contribution in [3.63, 3.8) is 0 Å². The Kier molecular flexibility index (Phi) is 84.1. The van der Waals surface area contributed by atoms with Crippen LogP contribution in [0.5, 0.6) is 0 Å². The van der Waals surface area contributed by atoms with Gasteiger partial charge in [0.2, 0.25) is 0 Å². The molecular formula is C42H87B15. The van der Waals surface area contributed by atoms with E-state index in [1.54, 1.807) is 0 Å². The zero-order valence-corrected chi connectivity index (χ0v) is 40.9. The highest BCUT2D eigenvalue weighted by molar-refractivity contribution is 6.37. The normalized spacial score (nSPS) is 13.6. The third kappa shape index (κ3) is 113. The molecule has 300 valence electrons. The minimum Gasteiger partial charge on any atom is -0.110 e. The van der Waals surface area contributed by atoms with Crippen molar-refractivity contribution in [1.29, 1.82) is 0 Å². The van der Waals surface area contributed by atoms with Gasteiger partial charge in [0.25, 0.3) is 0 Å². The van der Waals surface area contributed by atoms with Gasteiger partial charge in [-0.25, -0.2) is 0 Å². The van der Waals surface area contributed by atoms with E-state index in [1.807, 2.05) is 41.5 Å². The molecule has 0 aromatic rings. The molecule has 0 amide bonds. The van der Waals surface area contributed by atoms with Gasteiger partial charge in [0.15, 0.2) is 0 Å². The molecule has 15 heteroatoms. The lowest BCUT2D eigenvalue weighted by Gasteiger charge is -2.16. The van der Waals surface area contributed by atoms with Crippen molar-refractivity contribution in [2.45, 2.75) is 264 Å². The summed E-state index contributed by atoms with van der Waals surface area (Å²) >= 11 is 0. The fourth-order valence-corrected chi connectivity index (χ4v) is 4.27. The van der Waals surface area contributed by atoms with E-state index in [1.165, 1.54) is 31.8 Å². The van der Waals surface area contributed by atoms with E-state index < -0.39 is 0 Å². The SMILES string of the molecule is [B]C(C)CCC.[B]C(C)CC[B]CC.[B]C([B])CCC.[B]CC(CC)C([B])C.[B]CCC(C)[B]CC.[B]CCC([B])(C)C.[B]CCC([B])C.[B]CCC([B])CCC. The van der Waals surface area contributed by atoms with E-state index in [4.69, 9.17) is 102 Å². The van der Waals surface area contributed by atoms with Crippen molar-refractivity contribution in [2.75, 3.05) is 0 Å². The van der Waals surface area contributed by atoms with E-state index in [2.05, 4.69) is 63.0 Å². The molecule has 0 aromatic carbocycles. The molecule has 0 heterocycles. The molecule has 57 heavy (non-hydrogen) atoms. The van der Waals surface area contributed by atoms with Crippen molar-refractivity contribution < 1.29 is 0 Å². The van der Waals surface area contributed by atoms with Crippen LogP contribution in [-0.4, -0.2) is 117 Å². The molecular weight excluding hydrogens is 667 g/mol. The van der Waals surface area contributed by atoms with Crippen molar-refractivity contribution in [3.8, 4) is 0 Å². The Morgan fingerprint density at radius 3 is 1.11 bits per heavy atom. The van der Waals surface area contributed by atoms with Crippen LogP contribution in [0.15, 0.2) is 0 Å². The van der Waals surface area contributed by atoms with Crippen LogP contribution < -0.4 is 0 Å². The van der Waals surface area contributed by atoms with Crippen molar-refractivity contribution in [2.24, 2.45) is 5.92 Å². The van der Waals surface area contributed by atoms with Gasteiger partial charge >= 0.3 is 0 Å². The van der Waals surface area contributed by atoms with Gasteiger partial charge in [-0.15, -0.1) is 5.72 Å². The minimum atomic E-state index is -0.102. The summed E-state index contributed by atoms with van der Waals surface area (Å²) in [4.78, 5) is 0. The Hall–Kier alpha value is 0.974. The number of hydrogen-bond acceptors (Lipinski definition) is 0. The summed E-state index contributed by atoms with van der Waals surface area (Å²) in [7, 11) is 74.3. The lowest BCUT2D eigenvalue weighted by molar-refractivity contribution is 0.544. The number of hydrogen-bond donors (Lipinski definition) is 0. The van der Waals surface area contributed by atoms with E-state index in [9.17, 15) is 0 Å². The molecule has 0 saturated carbocycles. The smallest absolute Gasteiger partial charge is 0.110 e. The third-order valence-corrected chi connectivity index (χ3v) is 7.92. The predicted molar refractivity (Wildman–Crippen MR) is 286 cm³/mol. The lowest BCUT2D eigenvalue weighted by Crippen LogP contribution is -2.03. The number of rotatable bonds is 23. The first-order chi connectivity index (χ1) is 26.5. The summed E-state index contributed by atoms with van der Waals surface area (Å²) in [6, 6.07) is 0. The first-order valence-corrected chi connectivity index (χ1v) is 22.7. The van der Waals surface area contributed by atoms with E-state index in [0.29, 0.717) is 48.1 Å². The molecule has 7 atom stereocenters.